The Bertz CT molecular complexity index is 1290. The van der Waals surface area contributed by atoms with Gasteiger partial charge >= 0.3 is 21.1 Å². The van der Waals surface area contributed by atoms with Crippen LogP contribution in [0.15, 0.2) is 60.9 Å². The molecule has 0 spiro atoms. The molecule has 166 valence electrons. The topological polar surface area (TPSA) is 35.6 Å². The summed E-state index contributed by atoms with van der Waals surface area (Å²) in [5, 5.41) is 8.94. The van der Waals surface area contributed by atoms with Crippen molar-refractivity contribution < 1.29 is 29.8 Å². The largest absolute Gasteiger partial charge is 2.00 e. The van der Waals surface area contributed by atoms with E-state index in [9.17, 15) is 0 Å². The fourth-order valence-corrected chi connectivity index (χ4v) is 3.94. The van der Waals surface area contributed by atoms with E-state index in [0.29, 0.717) is 11.4 Å². The number of aromatic nitrogens is 4. The first-order valence-corrected chi connectivity index (χ1v) is 10.2. The molecule has 0 saturated heterocycles. The van der Waals surface area contributed by atoms with Gasteiger partial charge in [-0.15, -0.1) is 18.2 Å². The van der Waals surface area contributed by atoms with Crippen LogP contribution in [-0.2, 0) is 37.8 Å². The summed E-state index contributed by atoms with van der Waals surface area (Å²) >= 11 is 0. The molecule has 0 saturated carbocycles. The van der Waals surface area contributed by atoms with Crippen molar-refractivity contribution in [2.75, 3.05) is 0 Å². The van der Waals surface area contributed by atoms with E-state index in [0.717, 1.165) is 11.3 Å². The van der Waals surface area contributed by atoms with Gasteiger partial charge in [0, 0.05) is 17.8 Å². The number of alkyl halides is 2. The molecule has 8 bridgehead atoms. The second-order valence-electron chi connectivity index (χ2n) is 9.01. The second kappa shape index (κ2) is 7.48. The number of fused-ring (bicyclic) bond motifs is 10. The number of benzene rings is 2. The van der Waals surface area contributed by atoms with E-state index >= 15 is 8.78 Å². The van der Waals surface area contributed by atoms with E-state index < -0.39 is 5.92 Å². The van der Waals surface area contributed by atoms with E-state index in [1.165, 1.54) is 16.8 Å². The van der Waals surface area contributed by atoms with Gasteiger partial charge in [-0.2, -0.15) is 54.9 Å². The molecule has 7 heteroatoms. The molecule has 0 amide bonds. The molecule has 2 aromatic heterocycles. The molecule has 0 atom stereocenters. The van der Waals surface area contributed by atoms with Crippen molar-refractivity contribution in [2.24, 2.45) is 0 Å². The predicted molar refractivity (Wildman–Crippen MR) is 114 cm³/mol. The fourth-order valence-electron chi connectivity index (χ4n) is 3.94. The molecule has 0 radical (unpaired) electrons. The average molecular weight is 612 g/mol. The third-order valence-corrected chi connectivity index (χ3v) is 6.77. The first kappa shape index (κ1) is 22.6. The van der Waals surface area contributed by atoms with E-state index in [2.05, 4.69) is 44.9 Å². The maximum Gasteiger partial charge on any atom is 2.00 e. The molecule has 5 rings (SSSR count). The van der Waals surface area contributed by atoms with Gasteiger partial charge in [-0.05, 0) is 28.9 Å². The Balaban J connectivity index is 0.00000245. The van der Waals surface area contributed by atoms with Gasteiger partial charge in [0.1, 0.15) is 5.69 Å². The maximum absolute atomic E-state index is 15.3. The molecule has 32 heavy (non-hydrogen) atoms. The smallest absolute Gasteiger partial charge is 0.265 e. The van der Waals surface area contributed by atoms with Crippen LogP contribution in [0.1, 0.15) is 50.2 Å². The summed E-state index contributed by atoms with van der Waals surface area (Å²) in [6.07, 6.45) is 3.34. The summed E-state index contributed by atoms with van der Waals surface area (Å²) in [5.74, 6) is -3.30. The number of rotatable bonds is 0. The zero-order valence-electron chi connectivity index (χ0n) is 18.1. The third-order valence-electron chi connectivity index (χ3n) is 6.77. The van der Waals surface area contributed by atoms with Crippen molar-refractivity contribution in [2.45, 2.75) is 44.4 Å². The van der Waals surface area contributed by atoms with E-state index in [4.69, 9.17) is 5.10 Å². The zero-order valence-corrected chi connectivity index (χ0v) is 20.4. The van der Waals surface area contributed by atoms with Crippen LogP contribution < -0.4 is 0 Å². The molecule has 0 unspecified atom stereocenters. The first-order valence-electron chi connectivity index (χ1n) is 10.2. The van der Waals surface area contributed by atoms with Gasteiger partial charge in [0.2, 0.25) is 0 Å². The second-order valence-corrected chi connectivity index (χ2v) is 9.01. The molecular weight excluding hydrogens is 589 g/mol. The summed E-state index contributed by atoms with van der Waals surface area (Å²) in [7, 11) is 0. The summed E-state index contributed by atoms with van der Waals surface area (Å²) in [6, 6.07) is 20.0. The SMILES string of the molecule is CC1(C)c2[c-]c(ccc2)-n2ccc(n2)C(F)(F)c2[c-]c(ccc2)-n2ccc(n2)C1(C)C.[Pt+2]. The molecule has 2 aromatic carbocycles. The molecule has 0 aliphatic carbocycles. The molecular formula is C25H22F2N4Pt. The van der Waals surface area contributed by atoms with Crippen LogP contribution in [0.3, 0.4) is 0 Å². The van der Waals surface area contributed by atoms with E-state index in [1.807, 2.05) is 24.3 Å². The zero-order chi connectivity index (χ0) is 22.0. The third kappa shape index (κ3) is 3.27. The number of hydrogen-bond acceptors (Lipinski definition) is 2. The van der Waals surface area contributed by atoms with Crippen LogP contribution in [0, 0.1) is 12.1 Å². The summed E-state index contributed by atoms with van der Waals surface area (Å²) in [6.45, 7) is 8.57. The summed E-state index contributed by atoms with van der Waals surface area (Å²) < 4.78 is 33.7. The van der Waals surface area contributed by atoms with Crippen LogP contribution in [0.5, 0.6) is 0 Å². The molecule has 3 heterocycles. The van der Waals surface area contributed by atoms with Crippen molar-refractivity contribution in [3.05, 3.63) is 95.6 Å². The van der Waals surface area contributed by atoms with Crippen LogP contribution in [-0.4, -0.2) is 19.6 Å². The molecule has 0 fully saturated rings. The normalized spacial score (nSPS) is 17.6. The van der Waals surface area contributed by atoms with Crippen LogP contribution in [0.2, 0.25) is 0 Å². The summed E-state index contributed by atoms with van der Waals surface area (Å²) in [5.41, 5.74) is 1.57. The van der Waals surface area contributed by atoms with Crippen molar-refractivity contribution in [3.8, 4) is 11.4 Å². The summed E-state index contributed by atoms with van der Waals surface area (Å²) in [4.78, 5) is 0. The monoisotopic (exact) mass is 611 g/mol. The Kier molecular flexibility index (Phi) is 5.28. The minimum absolute atomic E-state index is 0. The van der Waals surface area contributed by atoms with Gasteiger partial charge in [-0.1, -0.05) is 33.3 Å². The Morgan fingerprint density at radius 3 is 1.81 bits per heavy atom. The van der Waals surface area contributed by atoms with Gasteiger partial charge < -0.3 is 0 Å². The van der Waals surface area contributed by atoms with Gasteiger partial charge in [-0.25, -0.2) is 0 Å². The predicted octanol–water partition coefficient (Wildman–Crippen LogP) is 5.36. The standard InChI is InChI=1S/C25H22F2N4.Pt/c1-23(2)17-7-5-9-19(15-17)31-14-12-22(29-31)25(26,27)18-8-6-10-20(16-18)30-13-11-21(28-30)24(23,3)4;/h5-14H,1-4H3;/q-2;+2. The van der Waals surface area contributed by atoms with Gasteiger partial charge in [-0.3, -0.25) is 9.36 Å². The van der Waals surface area contributed by atoms with Crippen molar-refractivity contribution in [3.63, 3.8) is 0 Å². The molecule has 4 nitrogen and oxygen atoms in total. The first-order chi connectivity index (χ1) is 14.6. The maximum atomic E-state index is 15.3. The number of hydrogen-bond donors (Lipinski definition) is 0. The molecule has 0 N–H and O–H groups in total. The van der Waals surface area contributed by atoms with Gasteiger partial charge in [0.05, 0.1) is 5.69 Å². The van der Waals surface area contributed by atoms with Crippen molar-refractivity contribution in [1.82, 2.24) is 19.6 Å². The van der Waals surface area contributed by atoms with Crippen LogP contribution >= 0.6 is 0 Å². The minimum atomic E-state index is -3.30. The Morgan fingerprint density at radius 1 is 0.688 bits per heavy atom. The average Bonchev–Trinajstić information content (AvgIpc) is 3.44. The molecule has 4 aromatic rings. The molecule has 1 aliphatic rings. The van der Waals surface area contributed by atoms with E-state index in [-0.39, 0.29) is 43.2 Å². The Labute approximate surface area is 200 Å². The van der Waals surface area contributed by atoms with Gasteiger partial charge in [0.15, 0.2) is 0 Å². The van der Waals surface area contributed by atoms with Gasteiger partial charge in [0.25, 0.3) is 5.92 Å². The van der Waals surface area contributed by atoms with Crippen LogP contribution in [0.4, 0.5) is 8.78 Å². The fraction of sp³-hybridized carbons (Fsp3) is 0.280. The molecule has 1 aliphatic heterocycles. The minimum Gasteiger partial charge on any atom is -0.265 e. The van der Waals surface area contributed by atoms with E-state index in [1.54, 1.807) is 29.2 Å². The number of nitrogens with zero attached hydrogens (tertiary/aromatic N) is 4. The van der Waals surface area contributed by atoms with Crippen LogP contribution in [0.25, 0.3) is 11.4 Å². The Morgan fingerprint density at radius 2 is 1.19 bits per heavy atom. The Hall–Kier alpha value is -2.59. The van der Waals surface area contributed by atoms with Crippen molar-refractivity contribution in [1.29, 1.82) is 0 Å². The number of halogens is 2. The van der Waals surface area contributed by atoms with Crippen molar-refractivity contribution >= 4 is 0 Å². The quantitative estimate of drug-likeness (QED) is 0.251.